The van der Waals surface area contributed by atoms with Gasteiger partial charge in [-0.15, -0.1) is 0 Å². The minimum absolute atomic E-state index is 0.222. The Balaban J connectivity index is 2.47. The smallest absolute Gasteiger partial charge is 0.336 e. The first kappa shape index (κ1) is 12.4. The van der Waals surface area contributed by atoms with Crippen molar-refractivity contribution in [3.8, 4) is 5.88 Å². The van der Waals surface area contributed by atoms with Crippen LogP contribution in [0.3, 0.4) is 0 Å². The lowest BCUT2D eigenvalue weighted by Crippen LogP contribution is -2.07. The molecule has 0 aliphatic rings. The number of aromatic nitrogens is 1. The number of pyridine rings is 1. The van der Waals surface area contributed by atoms with Gasteiger partial charge < -0.3 is 9.84 Å². The molecular formula is C14H15NO3. The van der Waals surface area contributed by atoms with Crippen LogP contribution in [0.1, 0.15) is 24.2 Å². The Bertz CT molecular complexity index is 578. The van der Waals surface area contributed by atoms with Gasteiger partial charge in [-0.25, -0.2) is 9.78 Å². The first-order valence-electron chi connectivity index (χ1n) is 5.84. The molecule has 0 amide bonds. The minimum Gasteiger partial charge on any atom is -0.478 e. The molecule has 0 bridgehead atoms. The summed E-state index contributed by atoms with van der Waals surface area (Å²) in [6.45, 7) is 4.57. The number of carboxylic acids is 1. The van der Waals surface area contributed by atoms with Gasteiger partial charge in [0.15, 0.2) is 0 Å². The molecule has 1 heterocycles. The van der Waals surface area contributed by atoms with Crippen molar-refractivity contribution in [1.82, 2.24) is 4.98 Å². The zero-order chi connectivity index (χ0) is 13.1. The van der Waals surface area contributed by atoms with Crippen LogP contribution in [-0.4, -0.2) is 22.7 Å². The largest absolute Gasteiger partial charge is 0.478 e. The van der Waals surface area contributed by atoms with Gasteiger partial charge in [0, 0.05) is 11.5 Å². The second kappa shape index (κ2) is 5.04. The van der Waals surface area contributed by atoms with E-state index in [2.05, 4.69) is 4.98 Å². The second-order valence-corrected chi connectivity index (χ2v) is 4.54. The van der Waals surface area contributed by atoms with E-state index in [9.17, 15) is 9.90 Å². The number of carbonyl (C=O) groups is 1. The lowest BCUT2D eigenvalue weighted by atomic mass is 10.1. The van der Waals surface area contributed by atoms with Gasteiger partial charge in [-0.05, 0) is 12.0 Å². The maximum absolute atomic E-state index is 11.2. The van der Waals surface area contributed by atoms with E-state index in [1.807, 2.05) is 19.9 Å². The zero-order valence-corrected chi connectivity index (χ0v) is 10.4. The number of nitrogens with zero attached hydrogens (tertiary/aromatic N) is 1. The third-order valence-electron chi connectivity index (χ3n) is 2.49. The summed E-state index contributed by atoms with van der Waals surface area (Å²) >= 11 is 0. The van der Waals surface area contributed by atoms with E-state index in [-0.39, 0.29) is 5.56 Å². The van der Waals surface area contributed by atoms with Crippen molar-refractivity contribution in [1.29, 1.82) is 0 Å². The summed E-state index contributed by atoms with van der Waals surface area (Å²) in [7, 11) is 0. The summed E-state index contributed by atoms with van der Waals surface area (Å²) in [5.41, 5.74) is 0.857. The standard InChI is InChI=1S/C14H15NO3/c1-9(2)8-18-13-7-11(14(16)17)10-5-3-4-6-12(10)15-13/h3-7,9H,8H2,1-2H3,(H,16,17). The van der Waals surface area contributed by atoms with Gasteiger partial charge in [0.25, 0.3) is 0 Å². The fourth-order valence-electron chi connectivity index (χ4n) is 1.65. The highest BCUT2D eigenvalue weighted by Gasteiger charge is 2.12. The number of hydrogen-bond donors (Lipinski definition) is 1. The summed E-state index contributed by atoms with van der Waals surface area (Å²) in [5.74, 6) is -0.241. The number of carboxylic acid groups (broad SMARTS) is 1. The molecule has 0 aliphatic carbocycles. The molecule has 0 spiro atoms. The number of para-hydroxylation sites is 1. The third-order valence-corrected chi connectivity index (χ3v) is 2.49. The monoisotopic (exact) mass is 245 g/mol. The molecule has 0 radical (unpaired) electrons. The predicted molar refractivity (Wildman–Crippen MR) is 69.0 cm³/mol. The van der Waals surface area contributed by atoms with Gasteiger partial charge >= 0.3 is 5.97 Å². The Kier molecular flexibility index (Phi) is 3.46. The fraction of sp³-hybridized carbons (Fsp3) is 0.286. The number of hydrogen-bond acceptors (Lipinski definition) is 3. The van der Waals surface area contributed by atoms with Crippen molar-refractivity contribution in [3.63, 3.8) is 0 Å². The number of ether oxygens (including phenoxy) is 1. The summed E-state index contributed by atoms with van der Waals surface area (Å²) in [6, 6.07) is 8.63. The van der Waals surface area contributed by atoms with Gasteiger partial charge in [0.2, 0.25) is 5.88 Å². The number of benzene rings is 1. The molecule has 4 nitrogen and oxygen atoms in total. The molecule has 0 atom stereocenters. The summed E-state index contributed by atoms with van der Waals surface area (Å²) < 4.78 is 5.49. The van der Waals surface area contributed by atoms with Crippen LogP contribution in [0.2, 0.25) is 0 Å². The number of fused-ring (bicyclic) bond motifs is 1. The second-order valence-electron chi connectivity index (χ2n) is 4.54. The average Bonchev–Trinajstić information content (AvgIpc) is 2.35. The Hall–Kier alpha value is -2.10. The molecule has 18 heavy (non-hydrogen) atoms. The van der Waals surface area contributed by atoms with E-state index < -0.39 is 5.97 Å². The van der Waals surface area contributed by atoms with E-state index in [4.69, 9.17) is 4.74 Å². The topological polar surface area (TPSA) is 59.4 Å². The summed E-state index contributed by atoms with van der Waals surface area (Å²) in [5, 5.41) is 9.83. The van der Waals surface area contributed by atoms with Crippen LogP contribution in [0.25, 0.3) is 10.9 Å². The highest BCUT2D eigenvalue weighted by Crippen LogP contribution is 2.22. The highest BCUT2D eigenvalue weighted by molar-refractivity contribution is 6.02. The molecule has 2 rings (SSSR count). The van der Waals surface area contributed by atoms with Crippen molar-refractivity contribution in [2.75, 3.05) is 6.61 Å². The van der Waals surface area contributed by atoms with Crippen LogP contribution in [0, 0.1) is 5.92 Å². The molecule has 4 heteroatoms. The molecule has 0 aliphatic heterocycles. The van der Waals surface area contributed by atoms with Crippen LogP contribution in [0.15, 0.2) is 30.3 Å². The molecule has 0 saturated heterocycles. The van der Waals surface area contributed by atoms with E-state index in [1.54, 1.807) is 18.2 Å². The molecule has 1 N–H and O–H groups in total. The SMILES string of the molecule is CC(C)COc1cc(C(=O)O)c2ccccc2n1. The molecule has 0 unspecified atom stereocenters. The van der Waals surface area contributed by atoms with Gasteiger partial charge in [0.1, 0.15) is 0 Å². The first-order chi connectivity index (χ1) is 8.58. The van der Waals surface area contributed by atoms with Crippen molar-refractivity contribution in [2.24, 2.45) is 5.92 Å². The van der Waals surface area contributed by atoms with Crippen molar-refractivity contribution >= 4 is 16.9 Å². The fourth-order valence-corrected chi connectivity index (χ4v) is 1.65. The molecule has 1 aromatic carbocycles. The van der Waals surface area contributed by atoms with E-state index in [0.717, 1.165) is 0 Å². The van der Waals surface area contributed by atoms with Crippen molar-refractivity contribution < 1.29 is 14.6 Å². The first-order valence-corrected chi connectivity index (χ1v) is 5.84. The molecular weight excluding hydrogens is 230 g/mol. The Morgan fingerprint density at radius 2 is 2.11 bits per heavy atom. The van der Waals surface area contributed by atoms with Gasteiger partial charge in [-0.3, -0.25) is 0 Å². The van der Waals surface area contributed by atoms with Crippen molar-refractivity contribution in [2.45, 2.75) is 13.8 Å². The van der Waals surface area contributed by atoms with Crippen LogP contribution in [-0.2, 0) is 0 Å². The summed E-state index contributed by atoms with van der Waals surface area (Å²) in [4.78, 5) is 15.5. The minimum atomic E-state index is -0.969. The Labute approximate surface area is 105 Å². The lowest BCUT2D eigenvalue weighted by molar-refractivity contribution is 0.0698. The maximum atomic E-state index is 11.2. The predicted octanol–water partition coefficient (Wildman–Crippen LogP) is 2.97. The van der Waals surface area contributed by atoms with Gasteiger partial charge in [-0.2, -0.15) is 0 Å². The molecule has 0 saturated carbocycles. The molecule has 2 aromatic rings. The Morgan fingerprint density at radius 3 is 2.78 bits per heavy atom. The maximum Gasteiger partial charge on any atom is 0.336 e. The van der Waals surface area contributed by atoms with Crippen LogP contribution in [0.5, 0.6) is 5.88 Å². The normalized spacial score (nSPS) is 10.8. The van der Waals surface area contributed by atoms with Crippen LogP contribution < -0.4 is 4.74 Å². The third kappa shape index (κ3) is 2.59. The van der Waals surface area contributed by atoms with Crippen molar-refractivity contribution in [3.05, 3.63) is 35.9 Å². The number of aromatic carboxylic acids is 1. The van der Waals surface area contributed by atoms with E-state index in [1.165, 1.54) is 6.07 Å². The Morgan fingerprint density at radius 1 is 1.39 bits per heavy atom. The average molecular weight is 245 g/mol. The molecule has 1 aromatic heterocycles. The molecule has 0 fully saturated rings. The van der Waals surface area contributed by atoms with E-state index in [0.29, 0.717) is 29.3 Å². The quantitative estimate of drug-likeness (QED) is 0.899. The van der Waals surface area contributed by atoms with Gasteiger partial charge in [0.05, 0.1) is 17.7 Å². The zero-order valence-electron chi connectivity index (χ0n) is 10.4. The van der Waals surface area contributed by atoms with Crippen LogP contribution >= 0.6 is 0 Å². The molecule has 94 valence electrons. The summed E-state index contributed by atoms with van der Waals surface area (Å²) in [6.07, 6.45) is 0. The van der Waals surface area contributed by atoms with E-state index >= 15 is 0 Å². The lowest BCUT2D eigenvalue weighted by Gasteiger charge is -2.10. The van der Waals surface area contributed by atoms with Crippen LogP contribution in [0.4, 0.5) is 0 Å². The number of rotatable bonds is 4. The van der Waals surface area contributed by atoms with Gasteiger partial charge in [-0.1, -0.05) is 32.0 Å². The highest BCUT2D eigenvalue weighted by atomic mass is 16.5.